The van der Waals surface area contributed by atoms with E-state index in [1.54, 1.807) is 32.1 Å². The van der Waals surface area contributed by atoms with Crippen molar-refractivity contribution in [3.8, 4) is 0 Å². The minimum absolute atomic E-state index is 0.0801. The molecule has 0 aromatic heterocycles. The Morgan fingerprint density at radius 3 is 2.35 bits per heavy atom. The van der Waals surface area contributed by atoms with Crippen molar-refractivity contribution in [3.63, 3.8) is 0 Å². The van der Waals surface area contributed by atoms with Crippen LogP contribution in [-0.4, -0.2) is 74.4 Å². The Balaban J connectivity index is 2.60. The molecule has 0 spiro atoms. The van der Waals surface area contributed by atoms with Crippen LogP contribution in [0.3, 0.4) is 0 Å². The SMILES string of the molecule is COC1=C2C[C@@H](C)C[C@H](OC)[C@H](O)[C@@H](C)/C=C(/C)[C@H](OC(N)=O)[C@@H](OC)C=C/C=C(/C)C(=O)NC(=CC1=O)C2=O. The highest BCUT2D eigenvalue weighted by Gasteiger charge is 2.34. The third kappa shape index (κ3) is 8.23. The number of allylic oxidation sites excluding steroid dienone is 4. The number of primary amides is 1. The van der Waals surface area contributed by atoms with Crippen molar-refractivity contribution in [2.75, 3.05) is 21.3 Å². The maximum absolute atomic E-state index is 13.3. The van der Waals surface area contributed by atoms with Gasteiger partial charge < -0.3 is 35.1 Å². The lowest BCUT2D eigenvalue weighted by Crippen LogP contribution is -2.37. The van der Waals surface area contributed by atoms with Crippen LogP contribution < -0.4 is 11.1 Å². The Labute approximate surface area is 234 Å². The van der Waals surface area contributed by atoms with E-state index in [-0.39, 0.29) is 34.9 Å². The van der Waals surface area contributed by atoms with Crippen molar-refractivity contribution in [1.82, 2.24) is 5.32 Å². The lowest BCUT2D eigenvalue weighted by Gasteiger charge is -2.29. The number of ether oxygens (including phenoxy) is 4. The Morgan fingerprint density at radius 2 is 1.77 bits per heavy atom. The molecule has 2 amide bonds. The van der Waals surface area contributed by atoms with Crippen molar-refractivity contribution in [3.05, 3.63) is 58.6 Å². The molecule has 0 unspecified atom stereocenters. The summed E-state index contributed by atoms with van der Waals surface area (Å²) < 4.78 is 21.7. The van der Waals surface area contributed by atoms with Crippen LogP contribution in [0.1, 0.15) is 40.5 Å². The first-order chi connectivity index (χ1) is 18.8. The predicted octanol–water partition coefficient (Wildman–Crippen LogP) is 2.41. The number of hydrogen-bond acceptors (Lipinski definition) is 9. The van der Waals surface area contributed by atoms with Crippen LogP contribution in [0.5, 0.6) is 0 Å². The molecule has 0 radical (unpaired) electrons. The number of nitrogens with two attached hydrogens (primary N) is 1. The minimum atomic E-state index is -1.00. The second-order valence-corrected chi connectivity index (χ2v) is 10.1. The number of aliphatic hydroxyl groups is 1. The van der Waals surface area contributed by atoms with Crippen molar-refractivity contribution < 1.29 is 43.2 Å². The highest BCUT2D eigenvalue weighted by atomic mass is 16.6. The van der Waals surface area contributed by atoms with Gasteiger partial charge in [-0.15, -0.1) is 0 Å². The fourth-order valence-corrected chi connectivity index (χ4v) is 4.78. The molecule has 1 aliphatic heterocycles. The lowest BCUT2D eigenvalue weighted by atomic mass is 9.85. The Bertz CT molecular complexity index is 1150. The molecule has 40 heavy (non-hydrogen) atoms. The van der Waals surface area contributed by atoms with E-state index in [1.807, 2.05) is 6.92 Å². The average molecular weight is 561 g/mol. The fourth-order valence-electron chi connectivity index (χ4n) is 4.78. The standard InChI is InChI=1S/C29H40N2O9/c1-15-11-19-25(34)20(14-21(32)27(19)39-7)31-28(35)16(2)9-8-10-22(37-5)26(40-29(30)36)18(4)13-17(3)24(33)23(12-15)38-6/h8-10,13-15,17,22-24,26,33H,11-12H2,1-7H3,(H2,30,36)(H,31,35)/b10-8?,16-9-,18-13-/t15-,17+,22+,23+,24-,26+/m1/s1. The number of aliphatic hydroxyl groups excluding tert-OH is 1. The van der Waals surface area contributed by atoms with Gasteiger partial charge in [-0.25, -0.2) is 4.79 Å². The van der Waals surface area contributed by atoms with Gasteiger partial charge in [-0.3, -0.25) is 14.4 Å². The van der Waals surface area contributed by atoms with E-state index in [1.165, 1.54) is 34.3 Å². The summed E-state index contributed by atoms with van der Waals surface area (Å²) in [6, 6.07) is 0. The van der Waals surface area contributed by atoms with Gasteiger partial charge in [0.1, 0.15) is 6.10 Å². The predicted molar refractivity (Wildman–Crippen MR) is 147 cm³/mol. The molecular weight excluding hydrogens is 520 g/mol. The smallest absolute Gasteiger partial charge is 0.405 e. The molecule has 0 aromatic rings. The van der Waals surface area contributed by atoms with Crippen LogP contribution >= 0.6 is 0 Å². The number of nitrogens with one attached hydrogen (secondary N) is 1. The van der Waals surface area contributed by atoms with Gasteiger partial charge in [0.05, 0.1) is 25.0 Å². The van der Waals surface area contributed by atoms with Crippen LogP contribution in [0.15, 0.2) is 58.6 Å². The van der Waals surface area contributed by atoms with Crippen molar-refractivity contribution in [2.24, 2.45) is 17.6 Å². The zero-order valence-corrected chi connectivity index (χ0v) is 24.1. The molecular formula is C29H40N2O9. The van der Waals surface area contributed by atoms with Crippen LogP contribution in [0.25, 0.3) is 0 Å². The topological polar surface area (TPSA) is 163 Å². The molecule has 11 heteroatoms. The summed E-state index contributed by atoms with van der Waals surface area (Å²) in [5.74, 6) is -2.39. The number of amides is 2. The molecule has 0 saturated carbocycles. The zero-order chi connectivity index (χ0) is 30.1. The molecule has 1 aliphatic carbocycles. The highest BCUT2D eigenvalue weighted by Crippen LogP contribution is 2.29. The Hall–Kier alpha value is -3.54. The van der Waals surface area contributed by atoms with Gasteiger partial charge >= 0.3 is 6.09 Å². The number of hydrogen-bond donors (Lipinski definition) is 3. The molecule has 4 N–H and O–H groups in total. The summed E-state index contributed by atoms with van der Waals surface area (Å²) >= 11 is 0. The van der Waals surface area contributed by atoms with E-state index in [0.717, 1.165) is 6.08 Å². The van der Waals surface area contributed by atoms with E-state index in [9.17, 15) is 24.3 Å². The summed E-state index contributed by atoms with van der Waals surface area (Å²) in [5.41, 5.74) is 6.12. The summed E-state index contributed by atoms with van der Waals surface area (Å²) in [5, 5.41) is 13.7. The third-order valence-corrected chi connectivity index (χ3v) is 6.95. The normalized spacial score (nSPS) is 31.9. The van der Waals surface area contributed by atoms with E-state index in [0.29, 0.717) is 12.0 Å². The highest BCUT2D eigenvalue weighted by molar-refractivity contribution is 6.23. The second kappa shape index (κ2) is 14.7. The Kier molecular flexibility index (Phi) is 12.0. The van der Waals surface area contributed by atoms with Gasteiger partial charge in [0.15, 0.2) is 11.9 Å². The van der Waals surface area contributed by atoms with Crippen molar-refractivity contribution >= 4 is 23.6 Å². The first-order valence-corrected chi connectivity index (χ1v) is 13.0. The van der Waals surface area contributed by atoms with E-state index in [4.69, 9.17) is 24.7 Å². The van der Waals surface area contributed by atoms with Crippen molar-refractivity contribution in [2.45, 2.75) is 65.0 Å². The number of fused-ring (bicyclic) bond motifs is 2. The quantitative estimate of drug-likeness (QED) is 0.346. The monoisotopic (exact) mass is 560 g/mol. The van der Waals surface area contributed by atoms with Gasteiger partial charge in [-0.1, -0.05) is 38.2 Å². The molecule has 0 fully saturated rings. The van der Waals surface area contributed by atoms with E-state index in [2.05, 4.69) is 5.32 Å². The summed E-state index contributed by atoms with van der Waals surface area (Å²) in [6.07, 6.45) is 3.61. The van der Waals surface area contributed by atoms with Gasteiger partial charge in [0.2, 0.25) is 11.6 Å². The number of methoxy groups -OCH3 is 3. The van der Waals surface area contributed by atoms with E-state index < -0.39 is 53.9 Å². The first kappa shape index (κ1) is 32.7. The molecule has 2 bridgehead atoms. The summed E-state index contributed by atoms with van der Waals surface area (Å²) in [6.45, 7) is 6.92. The maximum atomic E-state index is 13.3. The third-order valence-electron chi connectivity index (χ3n) is 6.95. The van der Waals surface area contributed by atoms with Crippen LogP contribution in [0.2, 0.25) is 0 Å². The summed E-state index contributed by atoms with van der Waals surface area (Å²) in [7, 11) is 4.21. The molecule has 6 atom stereocenters. The van der Waals surface area contributed by atoms with Gasteiger partial charge in [-0.05, 0) is 38.2 Å². The Morgan fingerprint density at radius 1 is 1.10 bits per heavy atom. The molecule has 0 aromatic carbocycles. The largest absolute Gasteiger partial charge is 0.492 e. The number of carbonyl (C=O) groups excluding carboxylic acids is 4. The zero-order valence-electron chi connectivity index (χ0n) is 24.1. The second-order valence-electron chi connectivity index (χ2n) is 10.1. The van der Waals surface area contributed by atoms with E-state index >= 15 is 0 Å². The molecule has 11 nitrogen and oxygen atoms in total. The average Bonchev–Trinajstić information content (AvgIpc) is 2.90. The molecule has 0 saturated heterocycles. The van der Waals surface area contributed by atoms with Gasteiger partial charge in [0, 0.05) is 37.4 Å². The molecule has 1 heterocycles. The fraction of sp³-hybridized carbons (Fsp3) is 0.517. The van der Waals surface area contributed by atoms with Crippen molar-refractivity contribution in [1.29, 1.82) is 0 Å². The number of ketones is 2. The van der Waals surface area contributed by atoms with Gasteiger partial charge in [0.25, 0.3) is 5.91 Å². The number of Topliss-reactive ketones (excluding diaryl/α,β-unsaturated/α-hetero) is 1. The van der Waals surface area contributed by atoms with Crippen LogP contribution in [-0.2, 0) is 33.3 Å². The first-order valence-electron chi connectivity index (χ1n) is 13.0. The number of rotatable bonds is 4. The lowest BCUT2D eigenvalue weighted by molar-refractivity contribution is -0.120. The number of carbonyl (C=O) groups is 4. The van der Waals surface area contributed by atoms with Gasteiger partial charge in [-0.2, -0.15) is 0 Å². The van der Waals surface area contributed by atoms with Crippen LogP contribution in [0, 0.1) is 11.8 Å². The summed E-state index contributed by atoms with van der Waals surface area (Å²) in [4.78, 5) is 50.6. The molecule has 2 rings (SSSR count). The minimum Gasteiger partial charge on any atom is -0.492 e. The molecule has 2 aliphatic rings. The van der Waals surface area contributed by atoms with Crippen LogP contribution in [0.4, 0.5) is 4.79 Å². The maximum Gasteiger partial charge on any atom is 0.405 e. The molecule has 220 valence electrons.